The molecule has 1 aliphatic heterocycles. The molecule has 0 spiro atoms. The van der Waals surface area contributed by atoms with Gasteiger partial charge in [-0.05, 0) is 13.0 Å². The summed E-state index contributed by atoms with van der Waals surface area (Å²) in [4.78, 5) is 8.13. The molecule has 1 fully saturated rings. The van der Waals surface area contributed by atoms with Gasteiger partial charge in [-0.1, -0.05) is 11.6 Å². The summed E-state index contributed by atoms with van der Waals surface area (Å²) in [5, 5.41) is 7.17. The van der Waals surface area contributed by atoms with E-state index in [0.29, 0.717) is 17.7 Å². The zero-order valence-corrected chi connectivity index (χ0v) is 9.81. The van der Waals surface area contributed by atoms with Crippen LogP contribution in [0.5, 0.6) is 0 Å². The van der Waals surface area contributed by atoms with E-state index in [1.807, 2.05) is 0 Å². The van der Waals surface area contributed by atoms with Crippen molar-refractivity contribution in [1.29, 1.82) is 0 Å². The summed E-state index contributed by atoms with van der Waals surface area (Å²) in [6.45, 7) is 2.81. The molecule has 6 heteroatoms. The normalized spacial score (nSPS) is 19.9. The second kappa shape index (κ2) is 6.23. The van der Waals surface area contributed by atoms with Crippen molar-refractivity contribution in [2.75, 3.05) is 13.1 Å². The van der Waals surface area contributed by atoms with E-state index in [1.165, 1.54) is 0 Å². The molecule has 84 valence electrons. The van der Waals surface area contributed by atoms with Crippen LogP contribution in [-0.2, 0) is 6.54 Å². The Morgan fingerprint density at radius 3 is 2.93 bits per heavy atom. The van der Waals surface area contributed by atoms with E-state index in [1.54, 1.807) is 12.4 Å². The third-order valence-corrected chi connectivity index (χ3v) is 2.66. The lowest BCUT2D eigenvalue weighted by molar-refractivity contribution is 0.541. The first-order valence-electron chi connectivity index (χ1n) is 4.76. The van der Waals surface area contributed by atoms with Gasteiger partial charge in [-0.3, -0.25) is 4.98 Å². The molecule has 0 unspecified atom stereocenters. The maximum absolute atomic E-state index is 5.88. The number of nitrogens with zero attached hydrogens (tertiary/aromatic N) is 2. The highest BCUT2D eigenvalue weighted by atomic mass is 35.5. The molecular formula is C9H14Cl2N4. The van der Waals surface area contributed by atoms with Gasteiger partial charge < -0.3 is 10.6 Å². The molecule has 0 amide bonds. The quantitative estimate of drug-likeness (QED) is 0.839. The summed E-state index contributed by atoms with van der Waals surface area (Å²) in [6.07, 6.45) is 4.43. The van der Waals surface area contributed by atoms with Crippen molar-refractivity contribution in [3.05, 3.63) is 23.2 Å². The van der Waals surface area contributed by atoms with Crippen LogP contribution in [0.3, 0.4) is 0 Å². The van der Waals surface area contributed by atoms with E-state index in [9.17, 15) is 0 Å². The van der Waals surface area contributed by atoms with E-state index < -0.39 is 0 Å². The predicted octanol–water partition coefficient (Wildman–Crippen LogP) is 1.00. The first-order chi connectivity index (χ1) is 6.86. The third-order valence-electron chi connectivity index (χ3n) is 2.34. The number of aromatic nitrogens is 2. The number of nitrogens with one attached hydrogen (secondary N) is 2. The summed E-state index contributed by atoms with van der Waals surface area (Å²) in [5.74, 6) is 0. The second-order valence-corrected chi connectivity index (χ2v) is 3.72. The zero-order valence-electron chi connectivity index (χ0n) is 8.24. The van der Waals surface area contributed by atoms with E-state index in [2.05, 4.69) is 20.6 Å². The van der Waals surface area contributed by atoms with E-state index in [4.69, 9.17) is 11.6 Å². The van der Waals surface area contributed by atoms with Gasteiger partial charge >= 0.3 is 0 Å². The molecule has 0 radical (unpaired) electrons. The van der Waals surface area contributed by atoms with Gasteiger partial charge in [-0.25, -0.2) is 4.98 Å². The monoisotopic (exact) mass is 248 g/mol. The van der Waals surface area contributed by atoms with Gasteiger partial charge in [0.25, 0.3) is 0 Å². The lowest BCUT2D eigenvalue weighted by Gasteiger charge is -2.10. The minimum atomic E-state index is 0. The highest BCUT2D eigenvalue weighted by Gasteiger charge is 2.14. The van der Waals surface area contributed by atoms with Gasteiger partial charge in [0.2, 0.25) is 0 Å². The smallest absolute Gasteiger partial charge is 0.151 e. The molecule has 1 aromatic rings. The van der Waals surface area contributed by atoms with Crippen molar-refractivity contribution in [1.82, 2.24) is 20.6 Å². The predicted molar refractivity (Wildman–Crippen MR) is 62.4 cm³/mol. The minimum absolute atomic E-state index is 0. The molecule has 1 aliphatic rings. The van der Waals surface area contributed by atoms with Crippen molar-refractivity contribution in [3.63, 3.8) is 0 Å². The van der Waals surface area contributed by atoms with Gasteiger partial charge in [0.05, 0.1) is 5.69 Å². The Kier molecular flexibility index (Phi) is 5.25. The van der Waals surface area contributed by atoms with Crippen LogP contribution >= 0.6 is 24.0 Å². The summed E-state index contributed by atoms with van der Waals surface area (Å²) in [6, 6.07) is 0.535. The van der Waals surface area contributed by atoms with Gasteiger partial charge in [0.1, 0.15) is 0 Å². The molecule has 2 N–H and O–H groups in total. The standard InChI is InChI=1S/C9H13ClN4.ClH/c10-9-8(12-3-4-13-9)6-14-7-1-2-11-5-7;/h3-4,7,11,14H,1-2,5-6H2;1H/t7-;/m1./s1. The molecule has 1 aromatic heterocycles. The highest BCUT2D eigenvalue weighted by Crippen LogP contribution is 2.08. The Hall–Kier alpha value is -0.420. The lowest BCUT2D eigenvalue weighted by Crippen LogP contribution is -2.30. The number of hydrogen-bond acceptors (Lipinski definition) is 4. The Morgan fingerprint density at radius 1 is 1.47 bits per heavy atom. The fraction of sp³-hybridized carbons (Fsp3) is 0.556. The van der Waals surface area contributed by atoms with Crippen LogP contribution in [0.15, 0.2) is 12.4 Å². The van der Waals surface area contributed by atoms with Crippen LogP contribution in [0.2, 0.25) is 5.15 Å². The summed E-state index contributed by atoms with van der Waals surface area (Å²) >= 11 is 5.88. The Morgan fingerprint density at radius 2 is 2.27 bits per heavy atom. The van der Waals surface area contributed by atoms with E-state index >= 15 is 0 Å². The number of halogens is 2. The lowest BCUT2D eigenvalue weighted by atomic mass is 10.2. The fourth-order valence-corrected chi connectivity index (χ4v) is 1.71. The van der Waals surface area contributed by atoms with Crippen molar-refractivity contribution >= 4 is 24.0 Å². The molecular weight excluding hydrogens is 235 g/mol. The van der Waals surface area contributed by atoms with Gasteiger partial charge in [0.15, 0.2) is 5.15 Å². The van der Waals surface area contributed by atoms with Crippen molar-refractivity contribution in [2.24, 2.45) is 0 Å². The topological polar surface area (TPSA) is 49.8 Å². The third kappa shape index (κ3) is 3.57. The Labute approximate surface area is 100 Å². The highest BCUT2D eigenvalue weighted by molar-refractivity contribution is 6.29. The van der Waals surface area contributed by atoms with Crippen LogP contribution in [0.1, 0.15) is 12.1 Å². The molecule has 2 rings (SSSR count). The SMILES string of the molecule is Cl.Clc1nccnc1CN[C@@H]1CCNC1. The Balaban J connectivity index is 0.00000112. The molecule has 1 atom stereocenters. The van der Waals surface area contributed by atoms with Gasteiger partial charge in [-0.15, -0.1) is 12.4 Å². The summed E-state index contributed by atoms with van der Waals surface area (Å²) < 4.78 is 0. The first kappa shape index (κ1) is 12.6. The number of rotatable bonds is 3. The molecule has 1 saturated heterocycles. The van der Waals surface area contributed by atoms with Crippen molar-refractivity contribution in [3.8, 4) is 0 Å². The maximum atomic E-state index is 5.88. The van der Waals surface area contributed by atoms with Gasteiger partial charge in [-0.2, -0.15) is 0 Å². The van der Waals surface area contributed by atoms with Crippen LogP contribution in [0, 0.1) is 0 Å². The number of hydrogen-bond donors (Lipinski definition) is 2. The molecule has 0 bridgehead atoms. The zero-order chi connectivity index (χ0) is 9.80. The van der Waals surface area contributed by atoms with Crippen LogP contribution < -0.4 is 10.6 Å². The van der Waals surface area contributed by atoms with Crippen molar-refractivity contribution in [2.45, 2.75) is 19.0 Å². The second-order valence-electron chi connectivity index (χ2n) is 3.36. The molecule has 15 heavy (non-hydrogen) atoms. The Bertz CT molecular complexity index is 302. The first-order valence-corrected chi connectivity index (χ1v) is 5.13. The molecule has 0 aromatic carbocycles. The molecule has 4 nitrogen and oxygen atoms in total. The fourth-order valence-electron chi connectivity index (χ4n) is 1.54. The van der Waals surface area contributed by atoms with Gasteiger partial charge in [0, 0.05) is 31.5 Å². The largest absolute Gasteiger partial charge is 0.315 e. The molecule has 0 saturated carbocycles. The molecule has 0 aliphatic carbocycles. The van der Waals surface area contributed by atoms with Crippen molar-refractivity contribution < 1.29 is 0 Å². The summed E-state index contributed by atoms with van der Waals surface area (Å²) in [5.41, 5.74) is 0.820. The van der Waals surface area contributed by atoms with Crippen LogP contribution in [-0.4, -0.2) is 29.1 Å². The molecule has 2 heterocycles. The summed E-state index contributed by atoms with van der Waals surface area (Å²) in [7, 11) is 0. The average Bonchev–Trinajstić information content (AvgIpc) is 2.69. The van der Waals surface area contributed by atoms with Crippen LogP contribution in [0.4, 0.5) is 0 Å². The minimum Gasteiger partial charge on any atom is -0.315 e. The average molecular weight is 249 g/mol. The van der Waals surface area contributed by atoms with E-state index in [-0.39, 0.29) is 12.4 Å². The van der Waals surface area contributed by atoms with Crippen LogP contribution in [0.25, 0.3) is 0 Å². The van der Waals surface area contributed by atoms with E-state index in [0.717, 1.165) is 25.2 Å². The maximum Gasteiger partial charge on any atom is 0.151 e.